The molecule has 10 heteroatoms. The molecule has 0 saturated heterocycles. The summed E-state index contributed by atoms with van der Waals surface area (Å²) in [4.78, 5) is 21.2. The fourth-order valence-corrected chi connectivity index (χ4v) is 4.10. The van der Waals surface area contributed by atoms with Crippen LogP contribution in [0.25, 0.3) is 10.6 Å². The molecule has 0 aliphatic heterocycles. The molecule has 4 aromatic rings. The van der Waals surface area contributed by atoms with Gasteiger partial charge in [-0.15, -0.1) is 21.5 Å². The van der Waals surface area contributed by atoms with Crippen molar-refractivity contribution in [1.82, 2.24) is 25.5 Å². The van der Waals surface area contributed by atoms with E-state index in [1.807, 2.05) is 17.5 Å². The predicted octanol–water partition coefficient (Wildman–Crippen LogP) is 3.54. The molecule has 1 atom stereocenters. The van der Waals surface area contributed by atoms with Gasteiger partial charge in [0.1, 0.15) is 10.8 Å². The molecule has 1 aromatic carbocycles. The van der Waals surface area contributed by atoms with Gasteiger partial charge < -0.3 is 0 Å². The summed E-state index contributed by atoms with van der Waals surface area (Å²) in [6.07, 6.45) is 3.67. The van der Waals surface area contributed by atoms with Gasteiger partial charge in [0.2, 0.25) is 11.0 Å². The van der Waals surface area contributed by atoms with Crippen molar-refractivity contribution in [3.05, 3.63) is 76.8 Å². The summed E-state index contributed by atoms with van der Waals surface area (Å²) in [6.45, 7) is 0.426. The molecule has 30 heavy (non-hydrogen) atoms. The highest BCUT2D eigenvalue weighted by Gasteiger charge is 2.21. The van der Waals surface area contributed by atoms with Gasteiger partial charge in [0, 0.05) is 29.9 Å². The Hall–Kier alpha value is -3.08. The molecule has 1 amide bonds. The van der Waals surface area contributed by atoms with E-state index in [-0.39, 0.29) is 11.7 Å². The Bertz CT molecular complexity index is 1100. The topological polar surface area (TPSA) is 92.7 Å². The van der Waals surface area contributed by atoms with Crippen LogP contribution in [0.2, 0.25) is 0 Å². The quantitative estimate of drug-likeness (QED) is 0.435. The largest absolute Gasteiger partial charge is 0.300 e. The first-order valence-electron chi connectivity index (χ1n) is 9.07. The van der Waals surface area contributed by atoms with Gasteiger partial charge in [0.15, 0.2) is 0 Å². The van der Waals surface area contributed by atoms with Gasteiger partial charge in [0.25, 0.3) is 0 Å². The Morgan fingerprint density at radius 3 is 2.80 bits per heavy atom. The first-order chi connectivity index (χ1) is 14.7. The third kappa shape index (κ3) is 5.29. The summed E-state index contributed by atoms with van der Waals surface area (Å²) in [6, 6.07) is 9.29. The Labute approximate surface area is 180 Å². The number of rotatable bonds is 8. The number of carbonyl (C=O) groups excluding carboxylic acids is 1. The first-order valence-corrected chi connectivity index (χ1v) is 10.8. The van der Waals surface area contributed by atoms with E-state index in [9.17, 15) is 9.18 Å². The molecule has 0 saturated carbocycles. The highest BCUT2D eigenvalue weighted by molar-refractivity contribution is 7.18. The van der Waals surface area contributed by atoms with Gasteiger partial charge in [-0.3, -0.25) is 20.4 Å². The van der Waals surface area contributed by atoms with Gasteiger partial charge in [-0.25, -0.2) is 9.37 Å². The maximum Gasteiger partial charge on any atom is 0.243 e. The first kappa shape index (κ1) is 20.2. The van der Waals surface area contributed by atoms with Crippen molar-refractivity contribution in [2.75, 3.05) is 5.32 Å². The summed E-state index contributed by atoms with van der Waals surface area (Å²) in [5, 5.41) is 17.2. The van der Waals surface area contributed by atoms with Crippen LogP contribution in [0, 0.1) is 5.82 Å². The summed E-state index contributed by atoms with van der Waals surface area (Å²) < 4.78 is 13.6. The lowest BCUT2D eigenvalue weighted by Crippen LogP contribution is -2.42. The second-order valence-electron chi connectivity index (χ2n) is 6.38. The highest BCUT2D eigenvalue weighted by atomic mass is 32.1. The maximum absolute atomic E-state index is 13.6. The molecule has 0 fully saturated rings. The van der Waals surface area contributed by atoms with E-state index in [2.05, 4.69) is 30.8 Å². The van der Waals surface area contributed by atoms with E-state index in [0.29, 0.717) is 23.1 Å². The van der Waals surface area contributed by atoms with Crippen molar-refractivity contribution in [1.29, 1.82) is 0 Å². The minimum absolute atomic E-state index is 0.271. The molecule has 0 aliphatic carbocycles. The molecule has 7 nitrogen and oxygen atoms in total. The fourth-order valence-electron chi connectivity index (χ4n) is 2.79. The number of pyridine rings is 1. The Morgan fingerprint density at radius 1 is 1.17 bits per heavy atom. The zero-order valence-electron chi connectivity index (χ0n) is 15.7. The summed E-state index contributed by atoms with van der Waals surface area (Å²) in [7, 11) is 0. The summed E-state index contributed by atoms with van der Waals surface area (Å²) in [5.74, 6) is -0.607. The van der Waals surface area contributed by atoms with Crippen LogP contribution in [0.1, 0.15) is 11.3 Å². The van der Waals surface area contributed by atoms with Crippen molar-refractivity contribution < 1.29 is 9.18 Å². The lowest BCUT2D eigenvalue weighted by Gasteiger charge is -2.17. The van der Waals surface area contributed by atoms with E-state index < -0.39 is 6.04 Å². The SMILES string of the molecule is O=C(Nc1nnc(-c2ccncc2)s1)C(Cc1cccc(F)c1)NCc1cscn1. The number of thiazole rings is 1. The molecule has 0 radical (unpaired) electrons. The van der Waals surface area contributed by atoms with Crippen LogP contribution in [-0.2, 0) is 17.8 Å². The van der Waals surface area contributed by atoms with Crippen LogP contribution in [-0.4, -0.2) is 32.1 Å². The van der Waals surface area contributed by atoms with Crippen LogP contribution in [0.5, 0.6) is 0 Å². The number of amides is 1. The number of nitrogens with one attached hydrogen (secondary N) is 2. The molecule has 0 spiro atoms. The highest BCUT2D eigenvalue weighted by Crippen LogP contribution is 2.25. The third-order valence-electron chi connectivity index (χ3n) is 4.24. The zero-order chi connectivity index (χ0) is 20.8. The lowest BCUT2D eigenvalue weighted by atomic mass is 10.0. The number of nitrogens with zero attached hydrogens (tertiary/aromatic N) is 4. The molecule has 0 bridgehead atoms. The standard InChI is InChI=1S/C20H17FN6OS2/c21-15-3-1-2-13(8-15)9-17(23-10-16-11-29-12-24-16)18(28)25-20-27-26-19(30-20)14-4-6-22-7-5-14/h1-8,11-12,17,23H,9-10H2,(H,25,27,28). The summed E-state index contributed by atoms with van der Waals surface area (Å²) >= 11 is 2.76. The van der Waals surface area contributed by atoms with Crippen LogP contribution in [0.3, 0.4) is 0 Å². The average molecular weight is 441 g/mol. The van der Waals surface area contributed by atoms with E-state index >= 15 is 0 Å². The molecule has 152 valence electrons. The van der Waals surface area contributed by atoms with Crippen LogP contribution >= 0.6 is 22.7 Å². The van der Waals surface area contributed by atoms with E-state index in [4.69, 9.17) is 0 Å². The van der Waals surface area contributed by atoms with Crippen molar-refractivity contribution in [3.63, 3.8) is 0 Å². The predicted molar refractivity (Wildman–Crippen MR) is 115 cm³/mol. The Kier molecular flexibility index (Phi) is 6.47. The van der Waals surface area contributed by atoms with Crippen LogP contribution in [0.15, 0.2) is 59.7 Å². The number of hydrogen-bond donors (Lipinski definition) is 2. The van der Waals surface area contributed by atoms with Gasteiger partial charge in [-0.1, -0.05) is 23.5 Å². The number of halogens is 1. The second-order valence-corrected chi connectivity index (χ2v) is 8.08. The maximum atomic E-state index is 13.6. The lowest BCUT2D eigenvalue weighted by molar-refractivity contribution is -0.118. The van der Waals surface area contributed by atoms with Gasteiger partial charge >= 0.3 is 0 Å². The van der Waals surface area contributed by atoms with Gasteiger partial charge in [-0.2, -0.15) is 0 Å². The monoisotopic (exact) mass is 440 g/mol. The van der Waals surface area contributed by atoms with Crippen LogP contribution < -0.4 is 10.6 Å². The van der Waals surface area contributed by atoms with E-state index in [1.165, 1.54) is 34.8 Å². The van der Waals surface area contributed by atoms with E-state index in [0.717, 1.165) is 16.8 Å². The van der Waals surface area contributed by atoms with Crippen LogP contribution in [0.4, 0.5) is 9.52 Å². The molecule has 2 N–H and O–H groups in total. The Morgan fingerprint density at radius 2 is 2.03 bits per heavy atom. The van der Waals surface area contributed by atoms with E-state index in [1.54, 1.807) is 30.0 Å². The minimum Gasteiger partial charge on any atom is -0.300 e. The molecule has 3 heterocycles. The zero-order valence-corrected chi connectivity index (χ0v) is 17.3. The van der Waals surface area contributed by atoms with Crippen molar-refractivity contribution in [3.8, 4) is 10.6 Å². The average Bonchev–Trinajstić information content (AvgIpc) is 3.44. The number of benzene rings is 1. The molecule has 3 aromatic heterocycles. The molecular weight excluding hydrogens is 423 g/mol. The van der Waals surface area contributed by atoms with Crippen molar-refractivity contribution >= 4 is 33.7 Å². The number of carbonyl (C=O) groups is 1. The van der Waals surface area contributed by atoms with Crippen molar-refractivity contribution in [2.45, 2.75) is 19.0 Å². The number of anilines is 1. The minimum atomic E-state index is -0.596. The molecular formula is C20H17FN6OS2. The number of hydrogen-bond acceptors (Lipinski definition) is 8. The fraction of sp³-hybridized carbons (Fsp3) is 0.150. The Balaban J connectivity index is 1.47. The molecule has 1 unspecified atom stereocenters. The molecule has 4 rings (SSSR count). The van der Waals surface area contributed by atoms with Gasteiger partial charge in [0.05, 0.1) is 17.2 Å². The second kappa shape index (κ2) is 9.61. The van der Waals surface area contributed by atoms with Gasteiger partial charge in [-0.05, 0) is 36.2 Å². The summed E-state index contributed by atoms with van der Waals surface area (Å²) in [5.41, 5.74) is 4.17. The third-order valence-corrected chi connectivity index (χ3v) is 5.76. The normalized spacial score (nSPS) is 11.9. The van der Waals surface area contributed by atoms with Crippen molar-refractivity contribution in [2.24, 2.45) is 0 Å². The smallest absolute Gasteiger partial charge is 0.243 e. The molecule has 0 aliphatic rings. The number of aromatic nitrogens is 4.